The van der Waals surface area contributed by atoms with Gasteiger partial charge in [0.2, 0.25) is 0 Å². The average Bonchev–Trinajstić information content (AvgIpc) is 3.06. The lowest BCUT2D eigenvalue weighted by molar-refractivity contribution is -0.225. The Morgan fingerprint density at radius 3 is 2.00 bits per heavy atom. The Kier molecular flexibility index (Phi) is 9.10. The quantitative estimate of drug-likeness (QED) is 0.224. The summed E-state index contributed by atoms with van der Waals surface area (Å²) in [7, 11) is 0. The maximum absolute atomic E-state index is 13.0. The molecule has 222 valence electrons. The van der Waals surface area contributed by atoms with Crippen LogP contribution in [0.1, 0.15) is 60.8 Å². The highest BCUT2D eigenvalue weighted by atomic mass is 35.5. The first kappa shape index (κ1) is 31.6. The van der Waals surface area contributed by atoms with Gasteiger partial charge in [0.1, 0.15) is 24.4 Å². The van der Waals surface area contributed by atoms with Crippen molar-refractivity contribution >= 4 is 41.4 Å². The first-order valence-electron chi connectivity index (χ1n) is 13.1. The highest BCUT2D eigenvalue weighted by molar-refractivity contribution is 6.23. The molecule has 3 aliphatic rings. The van der Waals surface area contributed by atoms with Crippen molar-refractivity contribution in [2.45, 2.75) is 102 Å². The predicted molar refractivity (Wildman–Crippen MR) is 140 cm³/mol. The molecular formula is C28H37ClO11. The number of halogens is 1. The molecule has 0 aromatic rings. The zero-order valence-electron chi connectivity index (χ0n) is 23.6. The Bertz CT molecular complexity index is 1120. The fourth-order valence-electron chi connectivity index (χ4n) is 6.50. The molecule has 1 N–H and O–H groups in total. The lowest BCUT2D eigenvalue weighted by Gasteiger charge is -2.56. The third-order valence-corrected chi connectivity index (χ3v) is 8.92. The Hall–Kier alpha value is -2.92. The van der Waals surface area contributed by atoms with Crippen LogP contribution >= 0.6 is 11.6 Å². The molecule has 0 radical (unpaired) electrons. The van der Waals surface area contributed by atoms with Crippen molar-refractivity contribution in [2.75, 3.05) is 0 Å². The van der Waals surface area contributed by atoms with Crippen LogP contribution in [0.5, 0.6) is 0 Å². The second kappa shape index (κ2) is 11.5. The Morgan fingerprint density at radius 1 is 0.950 bits per heavy atom. The Labute approximate surface area is 238 Å². The molecule has 5 unspecified atom stereocenters. The smallest absolute Gasteiger partial charge is 0.312 e. The summed E-state index contributed by atoms with van der Waals surface area (Å²) in [6.45, 7) is 16.0. The molecule has 11 nitrogen and oxygen atoms in total. The van der Waals surface area contributed by atoms with Crippen LogP contribution in [0.15, 0.2) is 24.3 Å². The lowest BCUT2D eigenvalue weighted by atomic mass is 9.54. The second-order valence-electron chi connectivity index (χ2n) is 11.0. The molecular weight excluding hydrogens is 548 g/mol. The lowest BCUT2D eigenvalue weighted by Crippen LogP contribution is -2.67. The SMILES string of the molecule is C=C1CCC(OC(C)=O)[C@@]2(C)C1[C@H](OC(C)=O)C1(O)C(C)C(=O)O[C@H]1C(Cl)C(=C)[C@H](OC(C)=O)C[C@@H]2OC(C)=O. The molecule has 0 aromatic heterocycles. The maximum Gasteiger partial charge on any atom is 0.312 e. The molecule has 1 heterocycles. The van der Waals surface area contributed by atoms with Gasteiger partial charge in [-0.15, -0.1) is 11.6 Å². The number of aliphatic hydroxyl groups is 1. The Balaban J connectivity index is 2.42. The van der Waals surface area contributed by atoms with E-state index in [1.165, 1.54) is 27.7 Å². The summed E-state index contributed by atoms with van der Waals surface area (Å²) in [6, 6.07) is 0. The summed E-state index contributed by atoms with van der Waals surface area (Å²) in [5.74, 6) is -5.88. The minimum Gasteiger partial charge on any atom is -0.462 e. The van der Waals surface area contributed by atoms with Gasteiger partial charge in [-0.2, -0.15) is 0 Å². The van der Waals surface area contributed by atoms with Gasteiger partial charge in [-0.1, -0.05) is 25.7 Å². The molecule has 0 amide bonds. The van der Waals surface area contributed by atoms with E-state index in [9.17, 15) is 29.1 Å². The highest BCUT2D eigenvalue weighted by Gasteiger charge is 2.69. The number of rotatable bonds is 4. The van der Waals surface area contributed by atoms with Crippen molar-refractivity contribution in [3.63, 3.8) is 0 Å². The van der Waals surface area contributed by atoms with Gasteiger partial charge in [0.25, 0.3) is 0 Å². The summed E-state index contributed by atoms with van der Waals surface area (Å²) in [6.07, 6.45) is -5.88. The van der Waals surface area contributed by atoms with E-state index in [1.54, 1.807) is 6.92 Å². The zero-order valence-corrected chi connectivity index (χ0v) is 24.3. The van der Waals surface area contributed by atoms with Gasteiger partial charge in [-0.25, -0.2) is 0 Å². The van der Waals surface area contributed by atoms with Crippen LogP contribution in [0.3, 0.4) is 0 Å². The number of hydrogen-bond acceptors (Lipinski definition) is 11. The number of fused-ring (bicyclic) bond motifs is 2. The number of hydrogen-bond donors (Lipinski definition) is 1. The molecule has 2 saturated carbocycles. The maximum atomic E-state index is 13.0. The van der Waals surface area contributed by atoms with E-state index in [2.05, 4.69) is 13.2 Å². The van der Waals surface area contributed by atoms with Crippen LogP contribution in [-0.2, 0) is 47.7 Å². The van der Waals surface area contributed by atoms with Crippen LogP contribution in [-0.4, -0.2) is 76.5 Å². The average molecular weight is 585 g/mol. The van der Waals surface area contributed by atoms with E-state index in [4.69, 9.17) is 35.3 Å². The van der Waals surface area contributed by atoms with Crippen molar-refractivity contribution in [2.24, 2.45) is 17.3 Å². The number of carbonyl (C=O) groups excluding carboxylic acids is 5. The van der Waals surface area contributed by atoms with Crippen molar-refractivity contribution in [1.29, 1.82) is 0 Å². The van der Waals surface area contributed by atoms with E-state index in [-0.39, 0.29) is 24.8 Å². The van der Waals surface area contributed by atoms with Crippen LogP contribution in [0, 0.1) is 17.3 Å². The molecule has 0 spiro atoms. The van der Waals surface area contributed by atoms with Crippen molar-refractivity contribution < 1.29 is 52.8 Å². The van der Waals surface area contributed by atoms with Gasteiger partial charge in [0.15, 0.2) is 11.7 Å². The van der Waals surface area contributed by atoms with Gasteiger partial charge in [0, 0.05) is 40.0 Å². The molecule has 1 aliphatic heterocycles. The summed E-state index contributed by atoms with van der Waals surface area (Å²) in [5, 5.41) is 11.1. The van der Waals surface area contributed by atoms with Crippen LogP contribution < -0.4 is 0 Å². The second-order valence-corrected chi connectivity index (χ2v) is 11.5. The molecule has 1 saturated heterocycles. The largest absolute Gasteiger partial charge is 0.462 e. The molecule has 2 aliphatic carbocycles. The van der Waals surface area contributed by atoms with Crippen LogP contribution in [0.4, 0.5) is 0 Å². The molecule has 0 bridgehead atoms. The molecule has 3 rings (SSSR count). The normalized spacial score (nSPS) is 39.6. The predicted octanol–water partition coefficient (Wildman–Crippen LogP) is 2.55. The standard InChI is InChI=1S/C28H37ClO11/c1-12-9-10-20(37-16(5)31)27(8)21(38-17(6)32)11-19(36-15(4)30)13(2)23(29)25-28(35,14(3)26(34)40-25)24(22(12)27)39-18(7)33/h14,19-25,35H,1-2,9-11H2,3-8H3/t14?,19-,20?,21+,22?,23?,24+,25+,27-,28?/m1/s1. The summed E-state index contributed by atoms with van der Waals surface area (Å²) >= 11 is 6.80. The van der Waals surface area contributed by atoms with Gasteiger partial charge in [0.05, 0.1) is 16.7 Å². The van der Waals surface area contributed by atoms with Crippen LogP contribution in [0.2, 0.25) is 0 Å². The first-order chi connectivity index (χ1) is 18.5. The molecule has 40 heavy (non-hydrogen) atoms. The van der Waals surface area contributed by atoms with Crippen molar-refractivity contribution in [1.82, 2.24) is 0 Å². The third kappa shape index (κ3) is 5.50. The van der Waals surface area contributed by atoms with E-state index in [0.29, 0.717) is 5.57 Å². The zero-order chi connectivity index (χ0) is 30.3. The number of esters is 5. The minimum atomic E-state index is -2.25. The monoisotopic (exact) mass is 584 g/mol. The summed E-state index contributed by atoms with van der Waals surface area (Å²) in [5.41, 5.74) is -3.12. The summed E-state index contributed by atoms with van der Waals surface area (Å²) in [4.78, 5) is 62.4. The van der Waals surface area contributed by atoms with Gasteiger partial charge in [-0.05, 0) is 25.3 Å². The fourth-order valence-corrected chi connectivity index (χ4v) is 6.89. The molecule has 0 aromatic carbocycles. The third-order valence-electron chi connectivity index (χ3n) is 8.41. The Morgan fingerprint density at radius 2 is 1.48 bits per heavy atom. The fraction of sp³-hybridized carbons (Fsp3) is 0.679. The van der Waals surface area contributed by atoms with Gasteiger partial charge in [-0.3, -0.25) is 24.0 Å². The van der Waals surface area contributed by atoms with Gasteiger partial charge >= 0.3 is 29.8 Å². The van der Waals surface area contributed by atoms with Crippen molar-refractivity contribution in [3.8, 4) is 0 Å². The van der Waals surface area contributed by atoms with Crippen LogP contribution in [0.25, 0.3) is 0 Å². The molecule has 3 fully saturated rings. The van der Waals surface area contributed by atoms with E-state index < -0.39 is 88.6 Å². The van der Waals surface area contributed by atoms with E-state index in [0.717, 1.165) is 6.92 Å². The highest BCUT2D eigenvalue weighted by Crippen LogP contribution is 2.57. The molecule has 12 heteroatoms. The number of carbonyl (C=O) groups is 5. The summed E-state index contributed by atoms with van der Waals surface area (Å²) < 4.78 is 28.5. The topological polar surface area (TPSA) is 152 Å². The number of ether oxygens (including phenoxy) is 5. The minimum absolute atomic E-state index is 0.0571. The molecule has 10 atom stereocenters. The van der Waals surface area contributed by atoms with E-state index in [1.807, 2.05) is 0 Å². The van der Waals surface area contributed by atoms with E-state index >= 15 is 0 Å². The first-order valence-corrected chi connectivity index (χ1v) is 13.5. The number of alkyl halides is 1. The van der Waals surface area contributed by atoms with Gasteiger partial charge < -0.3 is 28.8 Å². The van der Waals surface area contributed by atoms with Crippen molar-refractivity contribution in [3.05, 3.63) is 24.3 Å².